The molecule has 1 aromatic rings. The molecule has 0 aliphatic rings. The Bertz CT molecular complexity index is 532. The van der Waals surface area contributed by atoms with Gasteiger partial charge in [0.1, 0.15) is 4.90 Å². The zero-order valence-corrected chi connectivity index (χ0v) is 10.8. The summed E-state index contributed by atoms with van der Waals surface area (Å²) >= 11 is 0. The number of H-pyrrole nitrogens is 1. The average molecular weight is 277 g/mol. The first-order valence-electron chi connectivity index (χ1n) is 5.25. The number of aromatic amines is 1. The van der Waals surface area contributed by atoms with Gasteiger partial charge in [-0.1, -0.05) is 6.92 Å². The van der Waals surface area contributed by atoms with Crippen LogP contribution in [0.5, 0.6) is 0 Å². The Morgan fingerprint density at radius 2 is 2.17 bits per heavy atom. The Morgan fingerprint density at radius 1 is 1.56 bits per heavy atom. The summed E-state index contributed by atoms with van der Waals surface area (Å²) in [6.45, 7) is 2.74. The summed E-state index contributed by atoms with van der Waals surface area (Å²) in [5, 5.41) is 23.6. The second kappa shape index (κ2) is 5.46. The van der Waals surface area contributed by atoms with Gasteiger partial charge in [0.15, 0.2) is 5.69 Å². The zero-order chi connectivity index (χ0) is 13.9. The number of rotatable bonds is 6. The molecule has 0 radical (unpaired) electrons. The number of carboxylic acid groups (broad SMARTS) is 1. The van der Waals surface area contributed by atoms with Gasteiger partial charge >= 0.3 is 5.97 Å². The molecule has 18 heavy (non-hydrogen) atoms. The summed E-state index contributed by atoms with van der Waals surface area (Å²) < 4.78 is 26.3. The van der Waals surface area contributed by atoms with Gasteiger partial charge in [-0.05, 0) is 13.3 Å². The summed E-state index contributed by atoms with van der Waals surface area (Å²) in [6.07, 6.45) is 0.384. The minimum absolute atomic E-state index is 0.132. The van der Waals surface area contributed by atoms with E-state index in [4.69, 9.17) is 10.2 Å². The van der Waals surface area contributed by atoms with E-state index in [9.17, 15) is 13.2 Å². The number of aromatic carboxylic acids is 1. The van der Waals surface area contributed by atoms with Crippen molar-refractivity contribution in [3.05, 3.63) is 11.4 Å². The molecule has 102 valence electrons. The van der Waals surface area contributed by atoms with E-state index in [2.05, 4.69) is 14.9 Å². The van der Waals surface area contributed by atoms with E-state index >= 15 is 0 Å². The van der Waals surface area contributed by atoms with Crippen LogP contribution in [0.15, 0.2) is 4.90 Å². The molecule has 9 heteroatoms. The molecule has 1 heterocycles. The lowest BCUT2D eigenvalue weighted by atomic mass is 10.3. The molecule has 4 N–H and O–H groups in total. The van der Waals surface area contributed by atoms with Crippen molar-refractivity contribution in [1.29, 1.82) is 0 Å². The van der Waals surface area contributed by atoms with E-state index in [0.29, 0.717) is 6.42 Å². The molecule has 1 atom stereocenters. The quantitative estimate of drug-likeness (QED) is 0.552. The van der Waals surface area contributed by atoms with Gasteiger partial charge in [0.25, 0.3) is 0 Å². The highest BCUT2D eigenvalue weighted by molar-refractivity contribution is 7.89. The van der Waals surface area contributed by atoms with Crippen LogP contribution in [0.4, 0.5) is 0 Å². The van der Waals surface area contributed by atoms with Crippen molar-refractivity contribution < 1.29 is 23.4 Å². The molecule has 8 nitrogen and oxygen atoms in total. The Kier molecular flexibility index (Phi) is 4.43. The number of nitrogens with zero attached hydrogens (tertiary/aromatic N) is 1. The summed E-state index contributed by atoms with van der Waals surface area (Å²) in [6, 6.07) is -0.661. The molecule has 0 aliphatic carbocycles. The fourth-order valence-electron chi connectivity index (χ4n) is 1.42. The molecule has 0 spiro atoms. The molecule has 0 aromatic carbocycles. The number of carbonyl (C=O) groups is 1. The fraction of sp³-hybridized carbons (Fsp3) is 0.556. The monoisotopic (exact) mass is 277 g/mol. The van der Waals surface area contributed by atoms with Crippen LogP contribution >= 0.6 is 0 Å². The standard InChI is InChI=1S/C9H15N3O5S/c1-3-6(4-13)12-18(16,17)8-5(2)10-11-7(8)9(14)15/h6,12-13H,3-4H2,1-2H3,(H,10,11)(H,14,15)/t6-/m0/s1. The van der Waals surface area contributed by atoms with E-state index < -0.39 is 32.6 Å². The maximum atomic E-state index is 12.0. The summed E-state index contributed by atoms with van der Waals surface area (Å²) in [7, 11) is -4.03. The molecule has 0 saturated heterocycles. The third-order valence-corrected chi connectivity index (χ3v) is 4.08. The first-order valence-corrected chi connectivity index (χ1v) is 6.73. The molecular formula is C9H15N3O5S. The van der Waals surface area contributed by atoms with Crippen LogP contribution in [-0.2, 0) is 10.0 Å². The zero-order valence-electron chi connectivity index (χ0n) is 9.97. The Labute approximate surface area is 104 Å². The van der Waals surface area contributed by atoms with Crippen LogP contribution in [0.2, 0.25) is 0 Å². The minimum Gasteiger partial charge on any atom is -0.476 e. The lowest BCUT2D eigenvalue weighted by Gasteiger charge is -2.14. The summed E-state index contributed by atoms with van der Waals surface area (Å²) in [5.41, 5.74) is -0.430. The Hall–Kier alpha value is -1.45. The van der Waals surface area contributed by atoms with Crippen LogP contribution in [0.1, 0.15) is 29.5 Å². The highest BCUT2D eigenvalue weighted by Gasteiger charge is 2.29. The SMILES string of the molecule is CC[C@@H](CO)NS(=O)(=O)c1c(C(=O)O)n[nH]c1C. The van der Waals surface area contributed by atoms with Crippen molar-refractivity contribution in [2.24, 2.45) is 0 Å². The number of nitrogens with one attached hydrogen (secondary N) is 2. The van der Waals surface area contributed by atoms with Crippen LogP contribution in [0.25, 0.3) is 0 Å². The molecule has 1 rings (SSSR count). The number of sulfonamides is 1. The van der Waals surface area contributed by atoms with Crippen molar-refractivity contribution in [3.63, 3.8) is 0 Å². The lowest BCUT2D eigenvalue weighted by molar-refractivity contribution is 0.0686. The second-order valence-corrected chi connectivity index (χ2v) is 5.39. The van der Waals surface area contributed by atoms with Gasteiger partial charge in [0.2, 0.25) is 10.0 Å². The van der Waals surface area contributed by atoms with Gasteiger partial charge in [-0.2, -0.15) is 5.10 Å². The number of aromatic nitrogens is 2. The third-order valence-electron chi connectivity index (χ3n) is 2.40. The molecule has 1 aromatic heterocycles. The van der Waals surface area contributed by atoms with E-state index in [-0.39, 0.29) is 12.3 Å². The van der Waals surface area contributed by atoms with Crippen LogP contribution < -0.4 is 4.72 Å². The normalized spacial score (nSPS) is 13.5. The van der Waals surface area contributed by atoms with Gasteiger partial charge < -0.3 is 10.2 Å². The minimum atomic E-state index is -4.03. The van der Waals surface area contributed by atoms with E-state index in [1.165, 1.54) is 6.92 Å². The van der Waals surface area contributed by atoms with Crippen molar-refractivity contribution >= 4 is 16.0 Å². The molecule has 0 saturated carbocycles. The maximum absolute atomic E-state index is 12.0. The van der Waals surface area contributed by atoms with Gasteiger partial charge in [0.05, 0.1) is 12.3 Å². The molecule has 0 unspecified atom stereocenters. The average Bonchev–Trinajstić information content (AvgIpc) is 2.69. The molecule has 0 aliphatic heterocycles. The molecular weight excluding hydrogens is 262 g/mol. The molecule has 0 bridgehead atoms. The largest absolute Gasteiger partial charge is 0.476 e. The van der Waals surface area contributed by atoms with Crippen molar-refractivity contribution in [1.82, 2.24) is 14.9 Å². The van der Waals surface area contributed by atoms with Crippen LogP contribution in [0.3, 0.4) is 0 Å². The van der Waals surface area contributed by atoms with Crippen molar-refractivity contribution in [2.45, 2.75) is 31.2 Å². The lowest BCUT2D eigenvalue weighted by Crippen LogP contribution is -2.37. The van der Waals surface area contributed by atoms with E-state index in [0.717, 1.165) is 0 Å². The summed E-state index contributed by atoms with van der Waals surface area (Å²) in [5.74, 6) is -1.43. The fourth-order valence-corrected chi connectivity index (χ4v) is 3.05. The van der Waals surface area contributed by atoms with Gasteiger partial charge in [0, 0.05) is 6.04 Å². The van der Waals surface area contributed by atoms with Crippen molar-refractivity contribution in [2.75, 3.05) is 6.61 Å². The number of hydrogen-bond donors (Lipinski definition) is 4. The number of aliphatic hydroxyl groups excluding tert-OH is 1. The van der Waals surface area contributed by atoms with Gasteiger partial charge in [-0.3, -0.25) is 5.10 Å². The highest BCUT2D eigenvalue weighted by Crippen LogP contribution is 2.18. The predicted molar refractivity (Wildman–Crippen MR) is 61.8 cm³/mol. The van der Waals surface area contributed by atoms with E-state index in [1.54, 1.807) is 6.92 Å². The Balaban J connectivity index is 3.20. The first kappa shape index (κ1) is 14.6. The number of hydrogen-bond acceptors (Lipinski definition) is 5. The topological polar surface area (TPSA) is 132 Å². The molecule has 0 fully saturated rings. The number of carboxylic acids is 1. The summed E-state index contributed by atoms with van der Waals surface area (Å²) in [4.78, 5) is 10.5. The number of aryl methyl sites for hydroxylation is 1. The van der Waals surface area contributed by atoms with Crippen LogP contribution in [0, 0.1) is 6.92 Å². The first-order chi connectivity index (χ1) is 8.33. The Morgan fingerprint density at radius 3 is 2.61 bits per heavy atom. The van der Waals surface area contributed by atoms with Crippen molar-refractivity contribution in [3.8, 4) is 0 Å². The predicted octanol–water partition coefficient (Wildman–Crippen LogP) is -0.534. The van der Waals surface area contributed by atoms with E-state index in [1.807, 2.05) is 0 Å². The number of aliphatic hydroxyl groups is 1. The molecule has 0 amide bonds. The smallest absolute Gasteiger partial charge is 0.357 e. The van der Waals surface area contributed by atoms with Gasteiger partial charge in [-0.25, -0.2) is 17.9 Å². The highest BCUT2D eigenvalue weighted by atomic mass is 32.2. The third kappa shape index (κ3) is 2.86. The van der Waals surface area contributed by atoms with Crippen LogP contribution in [-0.4, -0.2) is 47.4 Å². The second-order valence-electron chi connectivity index (χ2n) is 3.74. The van der Waals surface area contributed by atoms with Gasteiger partial charge in [-0.15, -0.1) is 0 Å². The maximum Gasteiger partial charge on any atom is 0.357 e.